The van der Waals surface area contributed by atoms with E-state index in [0.717, 1.165) is 11.3 Å². The van der Waals surface area contributed by atoms with E-state index in [9.17, 15) is 4.79 Å². The molecule has 0 aliphatic carbocycles. The third-order valence-corrected chi connectivity index (χ3v) is 4.33. The normalized spacial score (nSPS) is 20.7. The maximum absolute atomic E-state index is 12.6. The number of imidazole rings is 1. The van der Waals surface area contributed by atoms with Gasteiger partial charge in [-0.15, -0.1) is 0 Å². The summed E-state index contributed by atoms with van der Waals surface area (Å²) in [6, 6.07) is 9.93. The molecular formula is C17H23N5O. The molecule has 6 heteroatoms. The van der Waals surface area contributed by atoms with Gasteiger partial charge in [0.1, 0.15) is 0 Å². The average molecular weight is 313 g/mol. The fourth-order valence-corrected chi connectivity index (χ4v) is 3.09. The van der Waals surface area contributed by atoms with Crippen LogP contribution in [0.25, 0.3) is 0 Å². The summed E-state index contributed by atoms with van der Waals surface area (Å²) in [6.45, 7) is 1.79. The van der Waals surface area contributed by atoms with E-state index >= 15 is 0 Å². The third-order valence-electron chi connectivity index (χ3n) is 4.33. The highest BCUT2D eigenvalue weighted by Crippen LogP contribution is 2.26. The van der Waals surface area contributed by atoms with Gasteiger partial charge in [0.05, 0.1) is 12.0 Å². The van der Waals surface area contributed by atoms with Gasteiger partial charge in [0.25, 0.3) is 0 Å². The van der Waals surface area contributed by atoms with Crippen LogP contribution < -0.4 is 5.73 Å². The minimum absolute atomic E-state index is 0.0164. The van der Waals surface area contributed by atoms with E-state index in [4.69, 9.17) is 5.73 Å². The van der Waals surface area contributed by atoms with Crippen molar-refractivity contribution in [1.82, 2.24) is 19.4 Å². The van der Waals surface area contributed by atoms with E-state index < -0.39 is 0 Å². The van der Waals surface area contributed by atoms with Crippen LogP contribution in [0.3, 0.4) is 0 Å². The lowest BCUT2D eigenvalue weighted by Gasteiger charge is -2.24. The monoisotopic (exact) mass is 313 g/mol. The molecule has 2 aromatic rings. The van der Waals surface area contributed by atoms with Crippen molar-refractivity contribution in [2.24, 2.45) is 12.8 Å². The van der Waals surface area contributed by atoms with Crippen LogP contribution >= 0.6 is 0 Å². The van der Waals surface area contributed by atoms with Gasteiger partial charge < -0.3 is 20.1 Å². The van der Waals surface area contributed by atoms with Crippen LogP contribution in [0.1, 0.15) is 17.2 Å². The van der Waals surface area contributed by atoms with Gasteiger partial charge in [-0.1, -0.05) is 30.3 Å². The van der Waals surface area contributed by atoms with E-state index in [-0.39, 0.29) is 18.0 Å². The minimum Gasteiger partial charge on any atom is -0.340 e. The molecule has 3 rings (SSSR count). The standard InChI is InChI=1S/C17H23N5O/c1-20-11-16(19-12-20)14-9-22(10-15(14)18)17(23)21(2)8-13-6-4-3-5-7-13/h3-7,11-12,14-15H,8-10,18H2,1-2H3/t14-,15-/m1/s1. The third kappa shape index (κ3) is 3.37. The number of nitrogens with zero attached hydrogens (tertiary/aromatic N) is 4. The molecule has 1 aliphatic heterocycles. The Morgan fingerprint density at radius 1 is 1.35 bits per heavy atom. The summed E-state index contributed by atoms with van der Waals surface area (Å²) in [4.78, 5) is 20.6. The maximum atomic E-state index is 12.6. The zero-order chi connectivity index (χ0) is 16.4. The predicted octanol–water partition coefficient (Wildman–Crippen LogP) is 1.40. The lowest BCUT2D eigenvalue weighted by atomic mass is 10.0. The number of amides is 2. The molecule has 122 valence electrons. The first kappa shape index (κ1) is 15.6. The Morgan fingerprint density at radius 2 is 2.09 bits per heavy atom. The number of hydrogen-bond donors (Lipinski definition) is 1. The van der Waals surface area contributed by atoms with Gasteiger partial charge in [0.2, 0.25) is 0 Å². The quantitative estimate of drug-likeness (QED) is 0.931. The van der Waals surface area contributed by atoms with Crippen LogP contribution in [0.15, 0.2) is 42.9 Å². The van der Waals surface area contributed by atoms with Crippen molar-refractivity contribution in [2.45, 2.75) is 18.5 Å². The number of aromatic nitrogens is 2. The number of nitrogens with two attached hydrogens (primary N) is 1. The molecule has 1 aromatic carbocycles. The first-order chi connectivity index (χ1) is 11.0. The van der Waals surface area contributed by atoms with Crippen LogP contribution in [0.4, 0.5) is 4.79 Å². The fourth-order valence-electron chi connectivity index (χ4n) is 3.09. The van der Waals surface area contributed by atoms with Crippen molar-refractivity contribution < 1.29 is 4.79 Å². The number of urea groups is 1. The summed E-state index contributed by atoms with van der Waals surface area (Å²) in [5.74, 6) is 0.102. The number of aryl methyl sites for hydroxylation is 1. The van der Waals surface area contributed by atoms with E-state index in [1.165, 1.54) is 0 Å². The van der Waals surface area contributed by atoms with E-state index in [1.54, 1.807) is 11.2 Å². The minimum atomic E-state index is -0.0704. The van der Waals surface area contributed by atoms with Crippen molar-refractivity contribution in [3.05, 3.63) is 54.1 Å². The van der Waals surface area contributed by atoms with Crippen LogP contribution in [-0.4, -0.2) is 51.6 Å². The van der Waals surface area contributed by atoms with Crippen molar-refractivity contribution in [3.63, 3.8) is 0 Å². The molecule has 1 fully saturated rings. The van der Waals surface area contributed by atoms with Gasteiger partial charge in [0, 0.05) is 51.9 Å². The summed E-state index contributed by atoms with van der Waals surface area (Å²) in [7, 11) is 3.77. The summed E-state index contributed by atoms with van der Waals surface area (Å²) >= 11 is 0. The van der Waals surface area contributed by atoms with Gasteiger partial charge >= 0.3 is 6.03 Å². The second-order valence-corrected chi connectivity index (χ2v) is 6.26. The molecule has 2 amide bonds. The topological polar surface area (TPSA) is 67.4 Å². The Bertz CT molecular complexity index is 669. The molecule has 23 heavy (non-hydrogen) atoms. The Hall–Kier alpha value is -2.34. The molecular weight excluding hydrogens is 290 g/mol. The van der Waals surface area contributed by atoms with Gasteiger partial charge in [-0.25, -0.2) is 9.78 Å². The molecule has 0 bridgehead atoms. The molecule has 0 unspecified atom stereocenters. The number of benzene rings is 1. The van der Waals surface area contributed by atoms with Crippen molar-refractivity contribution in [3.8, 4) is 0 Å². The molecule has 6 nitrogen and oxygen atoms in total. The predicted molar refractivity (Wildman–Crippen MR) is 88.8 cm³/mol. The molecule has 0 radical (unpaired) electrons. The molecule has 0 saturated carbocycles. The van der Waals surface area contributed by atoms with Crippen LogP contribution in [0.5, 0.6) is 0 Å². The first-order valence-corrected chi connectivity index (χ1v) is 7.82. The molecule has 2 atom stereocenters. The second kappa shape index (κ2) is 6.42. The van der Waals surface area contributed by atoms with E-state index in [2.05, 4.69) is 4.98 Å². The molecule has 1 aromatic heterocycles. The highest BCUT2D eigenvalue weighted by Gasteiger charge is 2.36. The molecule has 2 heterocycles. The molecule has 1 saturated heterocycles. The van der Waals surface area contributed by atoms with Crippen molar-refractivity contribution in [1.29, 1.82) is 0 Å². The Morgan fingerprint density at radius 3 is 2.74 bits per heavy atom. The largest absolute Gasteiger partial charge is 0.340 e. The number of hydrogen-bond acceptors (Lipinski definition) is 3. The maximum Gasteiger partial charge on any atom is 0.320 e. The van der Waals surface area contributed by atoms with Gasteiger partial charge in [-0.3, -0.25) is 0 Å². The fraction of sp³-hybridized carbons (Fsp3) is 0.412. The van der Waals surface area contributed by atoms with Crippen LogP contribution in [0.2, 0.25) is 0 Å². The lowest BCUT2D eigenvalue weighted by Crippen LogP contribution is -2.40. The van der Waals surface area contributed by atoms with Gasteiger partial charge in [-0.05, 0) is 5.56 Å². The second-order valence-electron chi connectivity index (χ2n) is 6.26. The summed E-state index contributed by atoms with van der Waals surface area (Å²) in [6.07, 6.45) is 3.75. The Balaban J connectivity index is 1.64. The molecule has 1 aliphatic rings. The average Bonchev–Trinajstić information content (AvgIpc) is 3.13. The van der Waals surface area contributed by atoms with Crippen LogP contribution in [0, 0.1) is 0 Å². The zero-order valence-corrected chi connectivity index (χ0v) is 13.6. The van der Waals surface area contributed by atoms with E-state index in [0.29, 0.717) is 19.6 Å². The molecule has 2 N–H and O–H groups in total. The summed E-state index contributed by atoms with van der Waals surface area (Å²) in [5.41, 5.74) is 8.32. The van der Waals surface area contributed by atoms with Crippen molar-refractivity contribution in [2.75, 3.05) is 20.1 Å². The smallest absolute Gasteiger partial charge is 0.320 e. The summed E-state index contributed by atoms with van der Waals surface area (Å²) < 4.78 is 1.91. The number of likely N-dealkylation sites (tertiary alicyclic amines) is 1. The van der Waals surface area contributed by atoms with Crippen LogP contribution in [-0.2, 0) is 13.6 Å². The summed E-state index contributed by atoms with van der Waals surface area (Å²) in [5, 5.41) is 0. The first-order valence-electron chi connectivity index (χ1n) is 7.82. The Labute approximate surface area is 136 Å². The molecule has 0 spiro atoms. The highest BCUT2D eigenvalue weighted by atomic mass is 16.2. The number of carbonyl (C=O) groups is 1. The number of carbonyl (C=O) groups excluding carboxylic acids is 1. The van der Waals surface area contributed by atoms with Gasteiger partial charge in [-0.2, -0.15) is 0 Å². The van der Waals surface area contributed by atoms with E-state index in [1.807, 2.05) is 60.1 Å². The lowest BCUT2D eigenvalue weighted by molar-refractivity contribution is 0.170. The SMILES string of the molecule is CN(Cc1ccccc1)C(=O)N1C[C@@H](N)[C@H](c2cn(C)cn2)C1. The Kier molecular flexibility index (Phi) is 4.34. The zero-order valence-electron chi connectivity index (χ0n) is 13.6. The van der Waals surface area contributed by atoms with Gasteiger partial charge in [0.15, 0.2) is 0 Å². The highest BCUT2D eigenvalue weighted by molar-refractivity contribution is 5.74. The number of rotatable bonds is 3. The van der Waals surface area contributed by atoms with Crippen molar-refractivity contribution >= 4 is 6.03 Å².